The highest BCUT2D eigenvalue weighted by molar-refractivity contribution is 6.21. The van der Waals surface area contributed by atoms with Crippen LogP contribution in [0.2, 0.25) is 0 Å². The first-order valence-corrected chi connectivity index (χ1v) is 11.2. The van der Waals surface area contributed by atoms with Gasteiger partial charge < -0.3 is 43.0 Å². The van der Waals surface area contributed by atoms with Crippen LogP contribution in [0.5, 0.6) is 34.5 Å². The second kappa shape index (κ2) is 11.8. The largest absolute Gasteiger partial charge is 0.506 e. The number of aromatic hydroxyl groups is 1. The van der Waals surface area contributed by atoms with Crippen molar-refractivity contribution in [2.45, 2.75) is 6.61 Å². The summed E-state index contributed by atoms with van der Waals surface area (Å²) in [6.45, 7) is -0.0584. The van der Waals surface area contributed by atoms with Gasteiger partial charge in [-0.25, -0.2) is 9.59 Å². The zero-order valence-electron chi connectivity index (χ0n) is 22.5. The van der Waals surface area contributed by atoms with Gasteiger partial charge in [0.05, 0.1) is 61.9 Å². The van der Waals surface area contributed by atoms with Gasteiger partial charge in [-0.15, -0.1) is 0 Å². The van der Waals surface area contributed by atoms with Gasteiger partial charge in [-0.05, 0) is 17.7 Å². The van der Waals surface area contributed by atoms with E-state index in [1.165, 1.54) is 42.7 Å². The van der Waals surface area contributed by atoms with E-state index in [1.54, 1.807) is 18.2 Å². The molecule has 0 spiro atoms. The molecule has 0 aromatic heterocycles. The Labute approximate surface area is 219 Å². The minimum atomic E-state index is -0.969. The van der Waals surface area contributed by atoms with Gasteiger partial charge in [-0.2, -0.15) is 0 Å². The highest BCUT2D eigenvalue weighted by Gasteiger charge is 2.36. The number of phenols is 1. The molecule has 0 saturated heterocycles. The van der Waals surface area contributed by atoms with Crippen LogP contribution in [0.3, 0.4) is 0 Å². The molecule has 0 bridgehead atoms. The van der Waals surface area contributed by atoms with Crippen molar-refractivity contribution in [1.82, 2.24) is 0 Å². The van der Waals surface area contributed by atoms with Crippen LogP contribution in [-0.2, 0) is 20.8 Å². The van der Waals surface area contributed by atoms with Gasteiger partial charge >= 0.3 is 11.9 Å². The molecule has 3 rings (SSSR count). The number of hydrogen-bond donors (Lipinski definition) is 1. The third-order valence-corrected chi connectivity index (χ3v) is 6.04. The fourth-order valence-corrected chi connectivity index (χ4v) is 4.49. The van der Waals surface area contributed by atoms with Crippen LogP contribution in [-0.4, -0.2) is 73.9 Å². The summed E-state index contributed by atoms with van der Waals surface area (Å²) < 4.78 is 43.3. The topological polar surface area (TPSA) is 128 Å². The lowest BCUT2D eigenvalue weighted by Gasteiger charge is -2.24. The van der Waals surface area contributed by atoms with E-state index in [1.807, 2.05) is 0 Å². The Balaban J connectivity index is 2.82. The monoisotopic (exact) mass is 530 g/mol. The fraction of sp³-hybridized carbons (Fsp3) is 0.333. The summed E-state index contributed by atoms with van der Waals surface area (Å²) in [6, 6.07) is 4.91. The number of esters is 2. The Morgan fingerprint density at radius 3 is 1.76 bits per heavy atom. The number of carbonyl (C=O) groups excluding carboxylic acids is 2. The minimum absolute atomic E-state index is 0.0584. The predicted molar refractivity (Wildman–Crippen MR) is 137 cm³/mol. The molecule has 0 fully saturated rings. The molecular formula is C27H30O11. The van der Waals surface area contributed by atoms with E-state index < -0.39 is 23.3 Å². The molecule has 3 aromatic rings. The van der Waals surface area contributed by atoms with E-state index >= 15 is 0 Å². The molecule has 0 amide bonds. The number of benzene rings is 3. The molecule has 11 heteroatoms. The van der Waals surface area contributed by atoms with Gasteiger partial charge in [0, 0.05) is 29.0 Å². The summed E-state index contributed by atoms with van der Waals surface area (Å²) in [5.74, 6) is -1.15. The van der Waals surface area contributed by atoms with Crippen LogP contribution in [0.1, 0.15) is 26.3 Å². The molecular weight excluding hydrogens is 500 g/mol. The normalized spacial score (nSPS) is 10.6. The lowest BCUT2D eigenvalue weighted by molar-refractivity contribution is 0.0553. The van der Waals surface area contributed by atoms with E-state index in [0.29, 0.717) is 22.6 Å². The van der Waals surface area contributed by atoms with E-state index in [2.05, 4.69) is 0 Å². The second-order valence-corrected chi connectivity index (χ2v) is 7.79. The zero-order chi connectivity index (χ0) is 28.1. The smallest absolute Gasteiger partial charge is 0.342 e. The number of rotatable bonds is 10. The molecule has 0 heterocycles. The van der Waals surface area contributed by atoms with Gasteiger partial charge in [0.15, 0.2) is 23.0 Å². The van der Waals surface area contributed by atoms with Crippen molar-refractivity contribution in [1.29, 1.82) is 0 Å². The van der Waals surface area contributed by atoms with Gasteiger partial charge in [-0.1, -0.05) is 6.07 Å². The van der Waals surface area contributed by atoms with Gasteiger partial charge in [-0.3, -0.25) is 0 Å². The summed E-state index contributed by atoms with van der Waals surface area (Å²) in [6.07, 6.45) is 0. The van der Waals surface area contributed by atoms with E-state index in [9.17, 15) is 14.7 Å². The quantitative estimate of drug-likeness (QED) is 0.382. The number of hydrogen-bond acceptors (Lipinski definition) is 11. The van der Waals surface area contributed by atoms with Crippen LogP contribution in [0, 0.1) is 0 Å². The van der Waals surface area contributed by atoms with E-state index in [-0.39, 0.29) is 45.8 Å². The Hall–Kier alpha value is -4.38. The van der Waals surface area contributed by atoms with Crippen molar-refractivity contribution in [3.8, 4) is 45.6 Å². The van der Waals surface area contributed by atoms with Crippen LogP contribution >= 0.6 is 0 Å². The average Bonchev–Trinajstić information content (AvgIpc) is 2.95. The van der Waals surface area contributed by atoms with E-state index in [0.717, 1.165) is 14.2 Å². The summed E-state index contributed by atoms with van der Waals surface area (Å²) in [5, 5.41) is 11.9. The highest BCUT2D eigenvalue weighted by atomic mass is 16.5. The zero-order valence-corrected chi connectivity index (χ0v) is 22.5. The number of carbonyl (C=O) groups is 2. The summed E-state index contributed by atoms with van der Waals surface area (Å²) in [7, 11) is 10.9. The van der Waals surface area contributed by atoms with Gasteiger partial charge in [0.1, 0.15) is 11.3 Å². The van der Waals surface area contributed by atoms with Crippen LogP contribution in [0.25, 0.3) is 21.9 Å². The lowest BCUT2D eigenvalue weighted by atomic mass is 9.85. The van der Waals surface area contributed by atoms with Crippen molar-refractivity contribution in [2.75, 3.05) is 56.9 Å². The van der Waals surface area contributed by atoms with E-state index in [4.69, 9.17) is 37.9 Å². The Bertz CT molecular complexity index is 1380. The predicted octanol–water partition coefficient (Wildman–Crippen LogP) is 3.98. The van der Waals surface area contributed by atoms with Crippen molar-refractivity contribution in [3.63, 3.8) is 0 Å². The first-order chi connectivity index (χ1) is 18.3. The van der Waals surface area contributed by atoms with Gasteiger partial charge in [0.25, 0.3) is 0 Å². The summed E-state index contributed by atoms with van der Waals surface area (Å²) in [5.41, 5.74) is 0.255. The Morgan fingerprint density at radius 1 is 0.684 bits per heavy atom. The maximum Gasteiger partial charge on any atom is 0.342 e. The molecule has 0 aliphatic rings. The maximum absolute atomic E-state index is 13.3. The Kier molecular flexibility index (Phi) is 8.74. The van der Waals surface area contributed by atoms with Crippen LogP contribution in [0.15, 0.2) is 18.2 Å². The molecule has 0 aliphatic carbocycles. The SMILES string of the molecule is COCc1c(OC)c(OC)c(OC)c2c(-c3ccc(OC)c(OC)c3)c(C(=O)OC)c(C(=O)OC)c(O)c12. The molecule has 204 valence electrons. The first kappa shape index (κ1) is 28.2. The van der Waals surface area contributed by atoms with Crippen molar-refractivity contribution >= 4 is 22.7 Å². The third-order valence-electron chi connectivity index (χ3n) is 6.04. The Morgan fingerprint density at radius 2 is 1.26 bits per heavy atom. The number of fused-ring (bicyclic) bond motifs is 1. The number of phenolic OH excluding ortho intramolecular Hbond substituents is 1. The molecule has 0 atom stereocenters. The van der Waals surface area contributed by atoms with Gasteiger partial charge in [0.2, 0.25) is 5.75 Å². The molecule has 3 aromatic carbocycles. The lowest BCUT2D eigenvalue weighted by Crippen LogP contribution is -2.15. The first-order valence-electron chi connectivity index (χ1n) is 11.2. The summed E-state index contributed by atoms with van der Waals surface area (Å²) in [4.78, 5) is 26.4. The molecule has 0 radical (unpaired) electrons. The third kappa shape index (κ3) is 4.45. The maximum atomic E-state index is 13.3. The molecule has 11 nitrogen and oxygen atoms in total. The fourth-order valence-electron chi connectivity index (χ4n) is 4.49. The number of ether oxygens (including phenoxy) is 8. The molecule has 0 saturated carbocycles. The van der Waals surface area contributed by atoms with Crippen LogP contribution < -0.4 is 23.7 Å². The molecule has 38 heavy (non-hydrogen) atoms. The standard InChI is InChI=1S/C27H30O11/c1-31-12-14-18-19(24(35-5)25(36-6)23(14)34-4)17(13-9-10-15(32-2)16(11-13)33-3)20(26(29)37-7)21(22(18)28)27(30)38-8/h9-11,28H,12H2,1-8H3. The van der Waals surface area contributed by atoms with Crippen molar-refractivity contribution in [3.05, 3.63) is 34.9 Å². The van der Waals surface area contributed by atoms with Crippen LogP contribution in [0.4, 0.5) is 0 Å². The minimum Gasteiger partial charge on any atom is -0.506 e. The van der Waals surface area contributed by atoms with Crippen molar-refractivity contribution in [2.24, 2.45) is 0 Å². The summed E-state index contributed by atoms with van der Waals surface area (Å²) >= 11 is 0. The second-order valence-electron chi connectivity index (χ2n) is 7.79. The highest BCUT2D eigenvalue weighted by Crippen LogP contribution is 2.55. The molecule has 0 aliphatic heterocycles. The molecule has 0 unspecified atom stereocenters. The molecule has 1 N–H and O–H groups in total. The number of methoxy groups -OCH3 is 8. The average molecular weight is 531 g/mol. The van der Waals surface area contributed by atoms with Crippen molar-refractivity contribution < 1.29 is 52.6 Å².